The molecule has 1 saturated heterocycles. The summed E-state index contributed by atoms with van der Waals surface area (Å²) in [5.41, 5.74) is 8.60. The maximum absolute atomic E-state index is 13.5. The Labute approximate surface area is 164 Å². The van der Waals surface area contributed by atoms with Gasteiger partial charge in [-0.25, -0.2) is 4.39 Å². The smallest absolute Gasteiger partial charge is 0.123 e. The molecule has 4 heterocycles. The van der Waals surface area contributed by atoms with Gasteiger partial charge in [-0.2, -0.15) is 0 Å². The molecule has 1 aromatic carbocycles. The Morgan fingerprint density at radius 2 is 1.82 bits per heavy atom. The maximum atomic E-state index is 13.5. The predicted octanol–water partition coefficient (Wildman–Crippen LogP) is 5.52. The zero-order chi connectivity index (χ0) is 19.1. The topological polar surface area (TPSA) is 31.9 Å². The van der Waals surface area contributed by atoms with Gasteiger partial charge in [0.25, 0.3) is 0 Å². The molecule has 5 rings (SSSR count). The van der Waals surface area contributed by atoms with Gasteiger partial charge in [0.1, 0.15) is 5.82 Å². The number of pyridine rings is 1. The van der Waals surface area contributed by atoms with Crippen LogP contribution in [-0.2, 0) is 0 Å². The van der Waals surface area contributed by atoms with E-state index in [2.05, 4.69) is 40.1 Å². The van der Waals surface area contributed by atoms with Crippen molar-refractivity contribution in [2.45, 2.75) is 32.2 Å². The van der Waals surface area contributed by atoms with Crippen molar-refractivity contribution in [3.8, 4) is 22.4 Å². The van der Waals surface area contributed by atoms with E-state index in [1.54, 1.807) is 0 Å². The lowest BCUT2D eigenvalue weighted by Crippen LogP contribution is -2.35. The Bertz CT molecular complexity index is 1020. The molecule has 1 N–H and O–H groups in total. The fraction of sp³-hybridized carbons (Fsp3) is 0.292. The summed E-state index contributed by atoms with van der Waals surface area (Å²) in [5, 5.41) is 0. The highest BCUT2D eigenvalue weighted by molar-refractivity contribution is 5.92. The number of hydrogen-bond donors (Lipinski definition) is 1. The van der Waals surface area contributed by atoms with Crippen LogP contribution in [0.2, 0.25) is 0 Å². The Morgan fingerprint density at radius 1 is 1.04 bits per heavy atom. The van der Waals surface area contributed by atoms with Crippen LogP contribution >= 0.6 is 0 Å². The summed E-state index contributed by atoms with van der Waals surface area (Å²) in [6.45, 7) is 4.66. The van der Waals surface area contributed by atoms with Crippen LogP contribution in [0.3, 0.4) is 0 Å². The summed E-state index contributed by atoms with van der Waals surface area (Å²) in [6, 6.07) is 11.4. The van der Waals surface area contributed by atoms with Crippen LogP contribution in [-0.4, -0.2) is 34.0 Å². The van der Waals surface area contributed by atoms with Crippen LogP contribution in [0.4, 0.5) is 4.39 Å². The minimum Gasteiger partial charge on any atom is -0.360 e. The standard InChI is InChI=1S/C24H24FN3/c1-16-20(10-14-28-13-2-3-22(16)28)21-15-27-24(18-4-6-19(25)7-5-18)23(21)17-8-11-26-12-9-17/h4-9,11-12,15,22,27H,2-3,10,13-14H2,1H3. The first kappa shape index (κ1) is 17.4. The average Bonchev–Trinajstić information content (AvgIpc) is 3.37. The zero-order valence-electron chi connectivity index (χ0n) is 16.1. The third-order valence-corrected chi connectivity index (χ3v) is 6.30. The number of benzene rings is 1. The van der Waals surface area contributed by atoms with Gasteiger partial charge in [0.05, 0.1) is 5.69 Å². The molecule has 4 heteroatoms. The van der Waals surface area contributed by atoms with Crippen LogP contribution in [0.1, 0.15) is 31.7 Å². The van der Waals surface area contributed by atoms with Gasteiger partial charge in [0.2, 0.25) is 0 Å². The van der Waals surface area contributed by atoms with Gasteiger partial charge in [0.15, 0.2) is 0 Å². The first-order valence-corrected chi connectivity index (χ1v) is 10.0. The Hall–Kier alpha value is -2.72. The summed E-state index contributed by atoms with van der Waals surface area (Å²) in [4.78, 5) is 10.3. The number of nitrogens with zero attached hydrogens (tertiary/aromatic N) is 2. The van der Waals surface area contributed by atoms with Crippen molar-refractivity contribution in [1.82, 2.24) is 14.9 Å². The number of aromatic amines is 1. The molecule has 0 bridgehead atoms. The van der Waals surface area contributed by atoms with E-state index in [1.165, 1.54) is 53.8 Å². The second kappa shape index (κ2) is 7.02. The molecular formula is C24H24FN3. The molecule has 28 heavy (non-hydrogen) atoms. The monoisotopic (exact) mass is 373 g/mol. The molecule has 1 fully saturated rings. The third-order valence-electron chi connectivity index (χ3n) is 6.30. The van der Waals surface area contributed by atoms with Crippen LogP contribution in [0.15, 0.2) is 60.6 Å². The number of H-pyrrole nitrogens is 1. The van der Waals surface area contributed by atoms with Gasteiger partial charge >= 0.3 is 0 Å². The molecule has 2 aromatic heterocycles. The number of fused-ring (bicyclic) bond motifs is 1. The van der Waals surface area contributed by atoms with Crippen LogP contribution in [0, 0.1) is 5.82 Å². The predicted molar refractivity (Wildman–Crippen MR) is 111 cm³/mol. The summed E-state index contributed by atoms with van der Waals surface area (Å²) >= 11 is 0. The molecule has 0 radical (unpaired) electrons. The highest BCUT2D eigenvalue weighted by Gasteiger charge is 2.32. The lowest BCUT2D eigenvalue weighted by molar-refractivity contribution is 0.276. The van der Waals surface area contributed by atoms with E-state index in [0.717, 1.165) is 29.8 Å². The molecular weight excluding hydrogens is 349 g/mol. The van der Waals surface area contributed by atoms with E-state index >= 15 is 0 Å². The van der Waals surface area contributed by atoms with Gasteiger partial charge in [-0.15, -0.1) is 0 Å². The van der Waals surface area contributed by atoms with E-state index in [-0.39, 0.29) is 5.82 Å². The van der Waals surface area contributed by atoms with E-state index in [9.17, 15) is 4.39 Å². The molecule has 0 spiro atoms. The zero-order valence-corrected chi connectivity index (χ0v) is 16.1. The fourth-order valence-corrected chi connectivity index (χ4v) is 4.91. The molecule has 3 nitrogen and oxygen atoms in total. The number of nitrogens with one attached hydrogen (secondary N) is 1. The molecule has 3 aromatic rings. The van der Waals surface area contributed by atoms with E-state index in [4.69, 9.17) is 0 Å². The summed E-state index contributed by atoms with van der Waals surface area (Å²) in [5.74, 6) is -0.215. The molecule has 1 atom stereocenters. The molecule has 0 aliphatic carbocycles. The van der Waals surface area contributed by atoms with Crippen molar-refractivity contribution in [3.05, 3.63) is 71.9 Å². The number of aromatic nitrogens is 2. The van der Waals surface area contributed by atoms with Gasteiger partial charge in [-0.3, -0.25) is 9.88 Å². The first-order valence-electron chi connectivity index (χ1n) is 10.0. The average molecular weight is 373 g/mol. The number of rotatable bonds is 3. The SMILES string of the molecule is CC1=C(c2c[nH]c(-c3ccc(F)cc3)c2-c2ccncc2)CCN2CCCC12. The van der Waals surface area contributed by atoms with E-state index in [0.29, 0.717) is 6.04 Å². The largest absolute Gasteiger partial charge is 0.360 e. The molecule has 1 unspecified atom stereocenters. The molecule has 142 valence electrons. The Balaban J connectivity index is 1.69. The van der Waals surface area contributed by atoms with Crippen molar-refractivity contribution in [2.24, 2.45) is 0 Å². The normalized spacial score (nSPS) is 19.9. The van der Waals surface area contributed by atoms with Gasteiger partial charge in [-0.1, -0.05) is 5.57 Å². The summed E-state index contributed by atoms with van der Waals surface area (Å²) in [7, 11) is 0. The lowest BCUT2D eigenvalue weighted by Gasteiger charge is -2.33. The molecule has 0 amide bonds. The quantitative estimate of drug-likeness (QED) is 0.655. The highest BCUT2D eigenvalue weighted by Crippen LogP contribution is 2.43. The van der Waals surface area contributed by atoms with Crippen molar-refractivity contribution >= 4 is 5.57 Å². The van der Waals surface area contributed by atoms with Crippen molar-refractivity contribution in [2.75, 3.05) is 13.1 Å². The van der Waals surface area contributed by atoms with Crippen molar-refractivity contribution in [1.29, 1.82) is 0 Å². The minimum absolute atomic E-state index is 0.215. The second-order valence-electron chi connectivity index (χ2n) is 7.80. The fourth-order valence-electron chi connectivity index (χ4n) is 4.91. The van der Waals surface area contributed by atoms with Gasteiger partial charge < -0.3 is 4.98 Å². The molecule has 0 saturated carbocycles. The Kier molecular flexibility index (Phi) is 4.36. The summed E-state index contributed by atoms with van der Waals surface area (Å²) < 4.78 is 13.5. The number of hydrogen-bond acceptors (Lipinski definition) is 2. The minimum atomic E-state index is -0.215. The van der Waals surface area contributed by atoms with Crippen molar-refractivity contribution < 1.29 is 4.39 Å². The van der Waals surface area contributed by atoms with Crippen LogP contribution in [0.25, 0.3) is 28.0 Å². The molecule has 2 aliphatic rings. The Morgan fingerprint density at radius 3 is 2.61 bits per heavy atom. The highest BCUT2D eigenvalue weighted by atomic mass is 19.1. The van der Waals surface area contributed by atoms with Crippen molar-refractivity contribution in [3.63, 3.8) is 0 Å². The van der Waals surface area contributed by atoms with Crippen LogP contribution in [0.5, 0.6) is 0 Å². The maximum Gasteiger partial charge on any atom is 0.123 e. The van der Waals surface area contributed by atoms with Gasteiger partial charge in [0, 0.05) is 42.3 Å². The third kappa shape index (κ3) is 2.89. The van der Waals surface area contributed by atoms with Gasteiger partial charge in [-0.05, 0) is 85.8 Å². The van der Waals surface area contributed by atoms with E-state index < -0.39 is 0 Å². The first-order chi connectivity index (χ1) is 13.7. The summed E-state index contributed by atoms with van der Waals surface area (Å²) in [6.07, 6.45) is 9.43. The van der Waals surface area contributed by atoms with Crippen LogP contribution < -0.4 is 0 Å². The van der Waals surface area contributed by atoms with E-state index in [1.807, 2.05) is 24.5 Å². The lowest BCUT2D eigenvalue weighted by atomic mass is 9.86. The number of halogens is 1. The molecule has 2 aliphatic heterocycles. The second-order valence-corrected chi connectivity index (χ2v) is 7.80.